The van der Waals surface area contributed by atoms with Gasteiger partial charge in [0.2, 0.25) is 0 Å². The highest BCUT2D eigenvalue weighted by Crippen LogP contribution is 2.24. The zero-order valence-corrected chi connectivity index (χ0v) is 13.8. The van der Waals surface area contributed by atoms with E-state index in [4.69, 9.17) is 0 Å². The minimum absolute atomic E-state index is 0.268. The number of rotatable bonds is 4. The Morgan fingerprint density at radius 2 is 2.05 bits per heavy atom. The van der Waals surface area contributed by atoms with Crippen molar-refractivity contribution in [3.63, 3.8) is 0 Å². The van der Waals surface area contributed by atoms with E-state index in [1.807, 2.05) is 0 Å². The predicted molar refractivity (Wildman–Crippen MR) is 89.0 cm³/mol. The summed E-state index contributed by atoms with van der Waals surface area (Å²) in [5.41, 5.74) is 3.15. The van der Waals surface area contributed by atoms with E-state index in [0.717, 1.165) is 0 Å². The molecular weight excluding hydrogens is 318 g/mol. The van der Waals surface area contributed by atoms with Crippen molar-refractivity contribution in [2.75, 3.05) is 11.6 Å². The van der Waals surface area contributed by atoms with Gasteiger partial charge in [0.1, 0.15) is 12.1 Å². The number of anilines is 1. The lowest BCUT2D eigenvalue weighted by Crippen LogP contribution is -2.04. The summed E-state index contributed by atoms with van der Waals surface area (Å²) in [4.78, 5) is 8.70. The number of aryl methyl sites for hydroxylation is 1. The molecule has 1 aromatic carbocycles. The Kier molecular flexibility index (Phi) is 3.84. The van der Waals surface area contributed by atoms with E-state index in [0.29, 0.717) is 23.3 Å². The number of aromatic nitrogens is 2. The monoisotopic (exact) mass is 333 g/mol. The minimum atomic E-state index is -3.26. The quantitative estimate of drug-likeness (QED) is 0.794. The molecule has 0 aliphatic carbocycles. The highest BCUT2D eigenvalue weighted by Gasteiger charge is 2.11. The molecule has 3 rings (SSSR count). The van der Waals surface area contributed by atoms with E-state index >= 15 is 0 Å². The fraction of sp³-hybridized carbons (Fsp3) is 0.200. The number of nitrogens with one attached hydrogen (secondary N) is 1. The summed E-state index contributed by atoms with van der Waals surface area (Å²) >= 11 is 1.66. The Balaban J connectivity index is 2.00. The molecule has 22 heavy (non-hydrogen) atoms. The molecule has 0 saturated carbocycles. The lowest BCUT2D eigenvalue weighted by Gasteiger charge is -2.09. The lowest BCUT2D eigenvalue weighted by atomic mass is 10.2. The molecule has 0 amide bonds. The number of hydrogen-bond donors (Lipinski definition) is 1. The molecule has 0 bridgehead atoms. The molecule has 3 aromatic rings. The Bertz CT molecular complexity index is 933. The van der Waals surface area contributed by atoms with Gasteiger partial charge in [0.15, 0.2) is 9.84 Å². The summed E-state index contributed by atoms with van der Waals surface area (Å²) in [6.07, 6.45) is 2.67. The van der Waals surface area contributed by atoms with Crippen LogP contribution in [0.1, 0.15) is 11.1 Å². The average molecular weight is 333 g/mol. The summed E-state index contributed by atoms with van der Waals surface area (Å²) < 4.78 is 23.4. The van der Waals surface area contributed by atoms with Crippen LogP contribution in [0.4, 0.5) is 5.82 Å². The molecule has 0 unspecified atom stereocenters. The Morgan fingerprint density at radius 3 is 2.73 bits per heavy atom. The third-order valence-corrected chi connectivity index (χ3v) is 5.46. The topological polar surface area (TPSA) is 72.0 Å². The van der Waals surface area contributed by atoms with Crippen LogP contribution in [0.3, 0.4) is 0 Å². The second-order valence-corrected chi connectivity index (χ2v) is 7.87. The molecule has 0 radical (unpaired) electrons. The molecule has 0 aliphatic heterocycles. The van der Waals surface area contributed by atoms with Crippen LogP contribution in [0, 0.1) is 6.92 Å². The number of nitrogens with zero attached hydrogens (tertiary/aromatic N) is 2. The Hall–Kier alpha value is -1.99. The summed E-state index contributed by atoms with van der Waals surface area (Å²) in [6, 6.07) is 4.89. The van der Waals surface area contributed by atoms with Crippen molar-refractivity contribution in [3.8, 4) is 0 Å². The Morgan fingerprint density at radius 1 is 1.23 bits per heavy atom. The smallest absolute Gasteiger partial charge is 0.175 e. The zero-order chi connectivity index (χ0) is 15.7. The van der Waals surface area contributed by atoms with Gasteiger partial charge in [0, 0.05) is 18.2 Å². The number of benzene rings is 1. The van der Waals surface area contributed by atoms with Crippen molar-refractivity contribution in [2.24, 2.45) is 0 Å². The van der Waals surface area contributed by atoms with Gasteiger partial charge in [0.05, 0.1) is 10.4 Å². The second kappa shape index (κ2) is 5.66. The van der Waals surface area contributed by atoms with Crippen LogP contribution in [0.15, 0.2) is 40.2 Å². The van der Waals surface area contributed by atoms with Gasteiger partial charge in [-0.2, -0.15) is 11.3 Å². The van der Waals surface area contributed by atoms with E-state index in [1.54, 1.807) is 29.5 Å². The van der Waals surface area contributed by atoms with E-state index in [2.05, 4.69) is 33.0 Å². The first kappa shape index (κ1) is 14.9. The van der Waals surface area contributed by atoms with E-state index in [-0.39, 0.29) is 4.90 Å². The molecule has 0 fully saturated rings. The van der Waals surface area contributed by atoms with Gasteiger partial charge >= 0.3 is 0 Å². The van der Waals surface area contributed by atoms with E-state index in [9.17, 15) is 8.42 Å². The first-order valence-electron chi connectivity index (χ1n) is 6.65. The van der Waals surface area contributed by atoms with Gasteiger partial charge in [-0.15, -0.1) is 0 Å². The van der Waals surface area contributed by atoms with Gasteiger partial charge in [-0.05, 0) is 47.0 Å². The molecule has 0 aliphatic rings. The molecule has 0 spiro atoms. The lowest BCUT2D eigenvalue weighted by molar-refractivity contribution is 0.602. The number of fused-ring (bicyclic) bond motifs is 1. The van der Waals surface area contributed by atoms with E-state index in [1.165, 1.54) is 23.7 Å². The second-order valence-electron chi connectivity index (χ2n) is 5.11. The van der Waals surface area contributed by atoms with Crippen molar-refractivity contribution in [1.82, 2.24) is 9.97 Å². The number of thiophene rings is 1. The SMILES string of the molecule is Cc1cscc1CNc1ncnc2ccc(S(C)(=O)=O)cc12. The third-order valence-electron chi connectivity index (χ3n) is 3.44. The molecule has 0 saturated heterocycles. The highest BCUT2D eigenvalue weighted by molar-refractivity contribution is 7.90. The van der Waals surface area contributed by atoms with Gasteiger partial charge in [-0.1, -0.05) is 0 Å². The first-order valence-corrected chi connectivity index (χ1v) is 9.49. The van der Waals surface area contributed by atoms with Crippen LogP contribution in [0.5, 0.6) is 0 Å². The van der Waals surface area contributed by atoms with Gasteiger partial charge in [0.25, 0.3) is 0 Å². The fourth-order valence-corrected chi connectivity index (χ4v) is 3.66. The van der Waals surface area contributed by atoms with Crippen LogP contribution in [0.2, 0.25) is 0 Å². The molecule has 7 heteroatoms. The molecular formula is C15H15N3O2S2. The van der Waals surface area contributed by atoms with Crippen molar-refractivity contribution < 1.29 is 8.42 Å². The van der Waals surface area contributed by atoms with Crippen LogP contribution in [-0.4, -0.2) is 24.6 Å². The van der Waals surface area contributed by atoms with Crippen LogP contribution < -0.4 is 5.32 Å². The van der Waals surface area contributed by atoms with Crippen LogP contribution in [0.25, 0.3) is 10.9 Å². The number of hydrogen-bond acceptors (Lipinski definition) is 6. The predicted octanol–water partition coefficient (Wildman–Crippen LogP) is 3.02. The maximum atomic E-state index is 11.7. The van der Waals surface area contributed by atoms with E-state index < -0.39 is 9.84 Å². The van der Waals surface area contributed by atoms with Crippen LogP contribution in [-0.2, 0) is 16.4 Å². The van der Waals surface area contributed by atoms with Gasteiger partial charge < -0.3 is 5.32 Å². The van der Waals surface area contributed by atoms with Crippen molar-refractivity contribution in [2.45, 2.75) is 18.4 Å². The molecule has 1 N–H and O–H groups in total. The van der Waals surface area contributed by atoms with Crippen molar-refractivity contribution in [3.05, 3.63) is 46.4 Å². The molecule has 0 atom stereocenters. The largest absolute Gasteiger partial charge is 0.365 e. The van der Waals surface area contributed by atoms with Crippen molar-refractivity contribution >= 4 is 37.9 Å². The minimum Gasteiger partial charge on any atom is -0.365 e. The molecule has 114 valence electrons. The van der Waals surface area contributed by atoms with Gasteiger partial charge in [-0.3, -0.25) is 0 Å². The summed E-state index contributed by atoms with van der Waals surface area (Å²) in [5, 5.41) is 8.16. The molecule has 5 nitrogen and oxygen atoms in total. The number of sulfone groups is 1. The van der Waals surface area contributed by atoms with Crippen LogP contribution >= 0.6 is 11.3 Å². The standard InChI is InChI=1S/C15H15N3O2S2/c1-10-7-21-8-11(10)6-16-15-13-5-12(22(2,19)20)3-4-14(13)17-9-18-15/h3-5,7-9H,6H2,1-2H3,(H,16,17,18). The molecule has 2 heterocycles. The Labute approximate surface area is 133 Å². The summed E-state index contributed by atoms with van der Waals surface area (Å²) in [5.74, 6) is 0.640. The van der Waals surface area contributed by atoms with Gasteiger partial charge in [-0.25, -0.2) is 18.4 Å². The summed E-state index contributed by atoms with van der Waals surface area (Å²) in [7, 11) is -3.26. The highest BCUT2D eigenvalue weighted by atomic mass is 32.2. The fourth-order valence-electron chi connectivity index (χ4n) is 2.15. The van der Waals surface area contributed by atoms with Crippen molar-refractivity contribution in [1.29, 1.82) is 0 Å². The summed E-state index contributed by atoms with van der Waals surface area (Å²) in [6.45, 7) is 2.71. The first-order chi connectivity index (χ1) is 10.4. The maximum Gasteiger partial charge on any atom is 0.175 e. The maximum absolute atomic E-state index is 11.7. The normalized spacial score (nSPS) is 11.7. The zero-order valence-electron chi connectivity index (χ0n) is 12.2. The molecule has 2 aromatic heterocycles. The third kappa shape index (κ3) is 2.95. The average Bonchev–Trinajstić information content (AvgIpc) is 2.89.